The lowest BCUT2D eigenvalue weighted by atomic mass is 10.1. The number of likely N-dealkylation sites (tertiary alicyclic amines) is 1. The third kappa shape index (κ3) is 5.81. The SMILES string of the molecule is CC=Cc1ccc(OCC(=O)NCC(=O)N2CCCCC2)c(OC)c1. The first-order valence-corrected chi connectivity index (χ1v) is 8.62. The lowest BCUT2D eigenvalue weighted by Gasteiger charge is -2.26. The Hall–Kier alpha value is -2.50. The number of nitrogens with one attached hydrogen (secondary N) is 1. The molecule has 0 atom stereocenters. The molecular weight excluding hydrogens is 320 g/mol. The van der Waals surface area contributed by atoms with Gasteiger partial charge in [-0.25, -0.2) is 0 Å². The molecule has 1 aromatic rings. The minimum Gasteiger partial charge on any atom is -0.493 e. The van der Waals surface area contributed by atoms with Crippen molar-refractivity contribution in [1.82, 2.24) is 10.2 Å². The smallest absolute Gasteiger partial charge is 0.258 e. The van der Waals surface area contributed by atoms with Gasteiger partial charge in [-0.1, -0.05) is 18.2 Å². The van der Waals surface area contributed by atoms with Gasteiger partial charge in [-0.3, -0.25) is 9.59 Å². The van der Waals surface area contributed by atoms with Crippen LogP contribution in [0.4, 0.5) is 0 Å². The van der Waals surface area contributed by atoms with Crippen molar-refractivity contribution in [3.63, 3.8) is 0 Å². The molecule has 0 unspecified atom stereocenters. The second-order valence-electron chi connectivity index (χ2n) is 5.92. The summed E-state index contributed by atoms with van der Waals surface area (Å²) in [7, 11) is 1.55. The van der Waals surface area contributed by atoms with Gasteiger partial charge in [0, 0.05) is 13.1 Å². The van der Waals surface area contributed by atoms with Gasteiger partial charge in [-0.05, 0) is 43.9 Å². The molecule has 1 aliphatic rings. The summed E-state index contributed by atoms with van der Waals surface area (Å²) < 4.78 is 10.8. The first kappa shape index (κ1) is 18.8. The fraction of sp³-hybridized carbons (Fsp3) is 0.474. The highest BCUT2D eigenvalue weighted by atomic mass is 16.5. The number of piperidine rings is 1. The topological polar surface area (TPSA) is 67.9 Å². The Morgan fingerprint density at radius 1 is 1.20 bits per heavy atom. The van der Waals surface area contributed by atoms with Crippen LogP contribution in [0.5, 0.6) is 11.5 Å². The zero-order chi connectivity index (χ0) is 18.1. The highest BCUT2D eigenvalue weighted by Crippen LogP contribution is 2.28. The quantitative estimate of drug-likeness (QED) is 0.822. The van der Waals surface area contributed by atoms with Gasteiger partial charge >= 0.3 is 0 Å². The average molecular weight is 346 g/mol. The van der Waals surface area contributed by atoms with Crippen molar-refractivity contribution >= 4 is 17.9 Å². The standard InChI is InChI=1S/C19H26N2O4/c1-3-7-15-8-9-16(17(12-15)24-2)25-14-18(22)20-13-19(23)21-10-5-4-6-11-21/h3,7-9,12H,4-6,10-11,13-14H2,1-2H3,(H,20,22). The van der Waals surface area contributed by atoms with Crippen molar-refractivity contribution in [3.8, 4) is 11.5 Å². The normalized spacial score (nSPS) is 14.4. The van der Waals surface area contributed by atoms with Crippen LogP contribution >= 0.6 is 0 Å². The van der Waals surface area contributed by atoms with Crippen LogP contribution in [-0.4, -0.2) is 50.1 Å². The summed E-state index contributed by atoms with van der Waals surface area (Å²) in [5.41, 5.74) is 0.989. The molecule has 1 heterocycles. The largest absolute Gasteiger partial charge is 0.493 e. The van der Waals surface area contributed by atoms with Gasteiger partial charge in [-0.15, -0.1) is 0 Å². The minimum absolute atomic E-state index is 0.0135. The van der Waals surface area contributed by atoms with Gasteiger partial charge in [0.2, 0.25) is 5.91 Å². The van der Waals surface area contributed by atoms with Crippen molar-refractivity contribution in [2.45, 2.75) is 26.2 Å². The third-order valence-electron chi connectivity index (χ3n) is 4.05. The van der Waals surface area contributed by atoms with Gasteiger partial charge in [0.15, 0.2) is 18.1 Å². The van der Waals surface area contributed by atoms with Gasteiger partial charge in [0.25, 0.3) is 5.91 Å². The van der Waals surface area contributed by atoms with Crippen LogP contribution in [0, 0.1) is 0 Å². The van der Waals surface area contributed by atoms with E-state index in [1.807, 2.05) is 31.2 Å². The van der Waals surface area contributed by atoms with Crippen LogP contribution in [-0.2, 0) is 9.59 Å². The number of amides is 2. The number of hydrogen-bond donors (Lipinski definition) is 1. The Balaban J connectivity index is 1.80. The van der Waals surface area contributed by atoms with E-state index in [9.17, 15) is 9.59 Å². The summed E-state index contributed by atoms with van der Waals surface area (Å²) in [6.45, 7) is 3.35. The average Bonchev–Trinajstić information content (AvgIpc) is 2.65. The maximum absolute atomic E-state index is 12.0. The summed E-state index contributed by atoms with van der Waals surface area (Å²) in [5.74, 6) is 0.687. The molecule has 0 aliphatic carbocycles. The number of carbonyl (C=O) groups is 2. The predicted octanol–water partition coefficient (Wildman–Crippen LogP) is 2.24. The monoisotopic (exact) mass is 346 g/mol. The predicted molar refractivity (Wildman–Crippen MR) is 96.6 cm³/mol. The highest BCUT2D eigenvalue weighted by molar-refractivity contribution is 5.85. The van der Waals surface area contributed by atoms with E-state index < -0.39 is 0 Å². The summed E-state index contributed by atoms with van der Waals surface area (Å²) >= 11 is 0. The van der Waals surface area contributed by atoms with Gasteiger partial charge in [0.1, 0.15) is 0 Å². The fourth-order valence-corrected chi connectivity index (χ4v) is 2.72. The van der Waals surface area contributed by atoms with Gasteiger partial charge in [0.05, 0.1) is 13.7 Å². The Morgan fingerprint density at radius 2 is 1.96 bits per heavy atom. The summed E-state index contributed by atoms with van der Waals surface area (Å²) in [4.78, 5) is 25.7. The number of benzene rings is 1. The molecule has 6 nitrogen and oxygen atoms in total. The van der Waals surface area contributed by atoms with E-state index in [0.717, 1.165) is 31.5 Å². The highest BCUT2D eigenvalue weighted by Gasteiger charge is 2.17. The summed E-state index contributed by atoms with van der Waals surface area (Å²) in [6, 6.07) is 5.49. The summed E-state index contributed by atoms with van der Waals surface area (Å²) in [6.07, 6.45) is 7.11. The molecule has 1 aliphatic heterocycles. The van der Waals surface area contributed by atoms with Crippen LogP contribution in [0.2, 0.25) is 0 Å². The molecule has 0 radical (unpaired) electrons. The van der Waals surface area contributed by atoms with Crippen molar-refractivity contribution in [2.75, 3.05) is 33.4 Å². The molecule has 0 saturated carbocycles. The van der Waals surface area contributed by atoms with E-state index in [1.54, 1.807) is 18.1 Å². The van der Waals surface area contributed by atoms with Crippen LogP contribution in [0.1, 0.15) is 31.7 Å². The van der Waals surface area contributed by atoms with E-state index in [1.165, 1.54) is 6.42 Å². The molecule has 25 heavy (non-hydrogen) atoms. The lowest BCUT2D eigenvalue weighted by Crippen LogP contribution is -2.43. The zero-order valence-corrected chi connectivity index (χ0v) is 14.9. The van der Waals surface area contributed by atoms with Crippen LogP contribution in [0.3, 0.4) is 0 Å². The molecule has 1 N–H and O–H groups in total. The first-order valence-electron chi connectivity index (χ1n) is 8.62. The molecule has 6 heteroatoms. The molecule has 1 saturated heterocycles. The molecule has 136 valence electrons. The number of allylic oxidation sites excluding steroid dienone is 1. The van der Waals surface area contributed by atoms with Gasteiger partial charge in [-0.2, -0.15) is 0 Å². The molecule has 0 bridgehead atoms. The van der Waals surface area contributed by atoms with E-state index in [0.29, 0.717) is 11.5 Å². The molecule has 2 amide bonds. The molecule has 0 spiro atoms. The first-order chi connectivity index (χ1) is 12.1. The zero-order valence-electron chi connectivity index (χ0n) is 14.9. The Labute approximate surface area is 148 Å². The van der Waals surface area contributed by atoms with Crippen molar-refractivity contribution < 1.29 is 19.1 Å². The number of rotatable bonds is 7. The maximum atomic E-state index is 12.0. The number of methoxy groups -OCH3 is 1. The molecular formula is C19H26N2O4. The number of ether oxygens (including phenoxy) is 2. The van der Waals surface area contributed by atoms with Crippen LogP contribution in [0.25, 0.3) is 6.08 Å². The van der Waals surface area contributed by atoms with Crippen molar-refractivity contribution in [2.24, 2.45) is 0 Å². The van der Waals surface area contributed by atoms with Crippen molar-refractivity contribution in [3.05, 3.63) is 29.8 Å². The fourth-order valence-electron chi connectivity index (χ4n) is 2.72. The minimum atomic E-state index is -0.329. The molecule has 1 fully saturated rings. The van der Waals surface area contributed by atoms with E-state index in [2.05, 4.69) is 5.32 Å². The van der Waals surface area contributed by atoms with Crippen LogP contribution in [0.15, 0.2) is 24.3 Å². The number of nitrogens with zero attached hydrogens (tertiary/aromatic N) is 1. The Bertz CT molecular complexity index is 622. The number of carbonyl (C=O) groups excluding carboxylic acids is 2. The molecule has 2 rings (SSSR count). The second kappa shape index (κ2) is 9.71. The van der Waals surface area contributed by atoms with E-state index in [-0.39, 0.29) is 25.0 Å². The third-order valence-corrected chi connectivity index (χ3v) is 4.05. The van der Waals surface area contributed by atoms with Crippen LogP contribution < -0.4 is 14.8 Å². The maximum Gasteiger partial charge on any atom is 0.258 e. The van der Waals surface area contributed by atoms with E-state index >= 15 is 0 Å². The van der Waals surface area contributed by atoms with Crippen molar-refractivity contribution in [1.29, 1.82) is 0 Å². The lowest BCUT2D eigenvalue weighted by molar-refractivity contribution is -0.134. The Kier molecular flexibility index (Phi) is 7.32. The number of hydrogen-bond acceptors (Lipinski definition) is 4. The molecule has 1 aromatic carbocycles. The second-order valence-corrected chi connectivity index (χ2v) is 5.92. The molecule has 0 aromatic heterocycles. The summed E-state index contributed by atoms with van der Waals surface area (Å²) in [5, 5.41) is 2.61. The van der Waals surface area contributed by atoms with Gasteiger partial charge < -0.3 is 19.7 Å². The van der Waals surface area contributed by atoms with E-state index in [4.69, 9.17) is 9.47 Å². The Morgan fingerprint density at radius 3 is 2.64 bits per heavy atom.